The molecule has 1 heterocycles. The van der Waals surface area contributed by atoms with Crippen LogP contribution in [0.25, 0.3) is 11.3 Å². The Hall–Kier alpha value is -2.24. The lowest BCUT2D eigenvalue weighted by molar-refractivity contribution is 0.0692. The van der Waals surface area contributed by atoms with Gasteiger partial charge in [-0.25, -0.2) is 13.6 Å². The van der Waals surface area contributed by atoms with E-state index in [0.717, 1.165) is 18.2 Å². The fraction of sp³-hybridized carbons (Fsp3) is 0.286. The lowest BCUT2D eigenvalue weighted by Gasteiger charge is -2.14. The molecule has 0 bridgehead atoms. The van der Waals surface area contributed by atoms with Crippen LogP contribution in [0.1, 0.15) is 36.9 Å². The van der Waals surface area contributed by atoms with Crippen molar-refractivity contribution in [2.45, 2.75) is 26.2 Å². The summed E-state index contributed by atoms with van der Waals surface area (Å²) >= 11 is 0. The van der Waals surface area contributed by atoms with E-state index in [0.29, 0.717) is 0 Å². The number of hydrogen-bond donors (Lipinski definition) is 1. The van der Waals surface area contributed by atoms with E-state index in [1.165, 1.54) is 0 Å². The monoisotopic (exact) mass is 281 g/mol. The van der Waals surface area contributed by atoms with E-state index in [1.54, 1.807) is 20.8 Å². The molecule has 0 spiro atoms. The third-order valence-electron chi connectivity index (χ3n) is 2.77. The second-order valence-corrected chi connectivity index (χ2v) is 5.41. The van der Waals surface area contributed by atoms with Crippen LogP contribution in [-0.4, -0.2) is 16.2 Å². The highest BCUT2D eigenvalue weighted by molar-refractivity contribution is 5.96. The minimum Gasteiger partial charge on any atom is -0.477 e. The van der Waals surface area contributed by atoms with Crippen molar-refractivity contribution in [3.8, 4) is 11.3 Å². The molecule has 1 aromatic carbocycles. The lowest BCUT2D eigenvalue weighted by Crippen LogP contribution is -2.15. The molecule has 6 heteroatoms. The topological polar surface area (TPSA) is 63.3 Å². The summed E-state index contributed by atoms with van der Waals surface area (Å²) in [5.74, 6) is -2.63. The number of carboxylic acids is 1. The summed E-state index contributed by atoms with van der Waals surface area (Å²) in [5, 5.41) is 12.9. The summed E-state index contributed by atoms with van der Waals surface area (Å²) < 4.78 is 32.0. The highest BCUT2D eigenvalue weighted by Gasteiger charge is 2.32. The Bertz CT molecular complexity index is 672. The Balaban J connectivity index is 2.73. The highest BCUT2D eigenvalue weighted by atomic mass is 19.1. The van der Waals surface area contributed by atoms with Gasteiger partial charge < -0.3 is 9.63 Å². The van der Waals surface area contributed by atoms with Crippen LogP contribution in [0.3, 0.4) is 0 Å². The predicted molar refractivity (Wildman–Crippen MR) is 67.5 cm³/mol. The van der Waals surface area contributed by atoms with Crippen molar-refractivity contribution in [1.29, 1.82) is 0 Å². The smallest absolute Gasteiger partial charge is 0.341 e. The molecule has 1 N–H and O–H groups in total. The van der Waals surface area contributed by atoms with Crippen LogP contribution < -0.4 is 0 Å². The van der Waals surface area contributed by atoms with E-state index in [1.807, 2.05) is 0 Å². The van der Waals surface area contributed by atoms with Gasteiger partial charge in [-0.3, -0.25) is 0 Å². The average Bonchev–Trinajstić information content (AvgIpc) is 2.76. The van der Waals surface area contributed by atoms with Gasteiger partial charge in [0.25, 0.3) is 0 Å². The van der Waals surface area contributed by atoms with Crippen molar-refractivity contribution in [2.75, 3.05) is 0 Å². The fourth-order valence-corrected chi connectivity index (χ4v) is 1.86. The van der Waals surface area contributed by atoms with Crippen molar-refractivity contribution in [1.82, 2.24) is 5.16 Å². The number of carbonyl (C=O) groups is 1. The molecule has 0 saturated carbocycles. The first kappa shape index (κ1) is 14.2. The van der Waals surface area contributed by atoms with Gasteiger partial charge in [0.1, 0.15) is 22.9 Å². The molecule has 20 heavy (non-hydrogen) atoms. The molecule has 2 aromatic rings. The summed E-state index contributed by atoms with van der Waals surface area (Å²) in [6.07, 6.45) is 0. The molecular formula is C14H13F2NO3. The summed E-state index contributed by atoms with van der Waals surface area (Å²) in [6.45, 7) is 5.23. The molecule has 0 aliphatic heterocycles. The minimum absolute atomic E-state index is 0.115. The van der Waals surface area contributed by atoms with E-state index in [-0.39, 0.29) is 22.6 Å². The molecule has 0 aliphatic carbocycles. The second kappa shape index (κ2) is 4.70. The number of nitrogens with zero attached hydrogens (tertiary/aromatic N) is 1. The fourth-order valence-electron chi connectivity index (χ4n) is 1.86. The normalized spacial score (nSPS) is 11.7. The first-order chi connectivity index (χ1) is 9.21. The first-order valence-corrected chi connectivity index (χ1v) is 5.90. The lowest BCUT2D eigenvalue weighted by atomic mass is 9.89. The van der Waals surface area contributed by atoms with Gasteiger partial charge in [-0.2, -0.15) is 0 Å². The number of aromatic carboxylic acids is 1. The maximum atomic E-state index is 13.8. The van der Waals surface area contributed by atoms with E-state index < -0.39 is 23.0 Å². The third-order valence-corrected chi connectivity index (χ3v) is 2.77. The zero-order chi connectivity index (χ0) is 15.1. The van der Waals surface area contributed by atoms with E-state index in [9.17, 15) is 18.7 Å². The van der Waals surface area contributed by atoms with E-state index >= 15 is 0 Å². The summed E-state index contributed by atoms with van der Waals surface area (Å²) in [7, 11) is 0. The van der Waals surface area contributed by atoms with Crippen LogP contribution in [0.5, 0.6) is 0 Å². The third kappa shape index (κ3) is 2.41. The number of halogens is 2. The summed E-state index contributed by atoms with van der Waals surface area (Å²) in [4.78, 5) is 11.4. The molecule has 0 fully saturated rings. The number of rotatable bonds is 2. The van der Waals surface area contributed by atoms with E-state index in [2.05, 4.69) is 5.16 Å². The van der Waals surface area contributed by atoms with Crippen LogP contribution in [0.15, 0.2) is 22.7 Å². The molecule has 106 valence electrons. The zero-order valence-electron chi connectivity index (χ0n) is 11.2. The molecule has 4 nitrogen and oxygen atoms in total. The number of aromatic nitrogens is 1. The first-order valence-electron chi connectivity index (χ1n) is 5.90. The Morgan fingerprint density at radius 1 is 1.30 bits per heavy atom. The van der Waals surface area contributed by atoms with Crippen molar-refractivity contribution in [3.63, 3.8) is 0 Å². The Labute approximate surface area is 114 Å². The molecule has 1 aromatic heterocycles. The number of carboxylic acid groups (broad SMARTS) is 1. The maximum Gasteiger partial charge on any atom is 0.341 e. The Morgan fingerprint density at radius 3 is 2.50 bits per heavy atom. The minimum atomic E-state index is -1.30. The molecule has 2 rings (SSSR count). The average molecular weight is 281 g/mol. The molecule has 0 saturated heterocycles. The predicted octanol–water partition coefficient (Wildman–Crippen LogP) is 3.62. The van der Waals surface area contributed by atoms with Crippen LogP contribution in [-0.2, 0) is 5.41 Å². The Morgan fingerprint density at radius 2 is 1.95 bits per heavy atom. The van der Waals surface area contributed by atoms with Gasteiger partial charge in [-0.1, -0.05) is 25.9 Å². The quantitative estimate of drug-likeness (QED) is 0.913. The Kier molecular flexibility index (Phi) is 3.33. The number of hydrogen-bond acceptors (Lipinski definition) is 3. The SMILES string of the molecule is CC(C)(C)c1onc(-c2cc(F)ccc2F)c1C(=O)O. The summed E-state index contributed by atoms with van der Waals surface area (Å²) in [5.41, 5.74) is -1.31. The number of benzene rings is 1. The van der Waals surface area contributed by atoms with Gasteiger partial charge in [-0.15, -0.1) is 0 Å². The van der Waals surface area contributed by atoms with Gasteiger partial charge in [0.05, 0.1) is 0 Å². The van der Waals surface area contributed by atoms with Gasteiger partial charge >= 0.3 is 5.97 Å². The van der Waals surface area contributed by atoms with Crippen molar-refractivity contribution >= 4 is 5.97 Å². The second-order valence-electron chi connectivity index (χ2n) is 5.41. The molecule has 0 amide bonds. The van der Waals surface area contributed by atoms with Crippen molar-refractivity contribution in [2.24, 2.45) is 0 Å². The highest BCUT2D eigenvalue weighted by Crippen LogP contribution is 2.34. The van der Waals surface area contributed by atoms with Crippen LogP contribution in [0.4, 0.5) is 8.78 Å². The molecule has 0 unspecified atom stereocenters. The molecule has 0 atom stereocenters. The largest absolute Gasteiger partial charge is 0.477 e. The summed E-state index contributed by atoms with van der Waals surface area (Å²) in [6, 6.07) is 2.76. The standard InChI is InChI=1S/C14H13F2NO3/c1-14(2,3)12-10(13(18)19)11(17-20-12)8-6-7(15)4-5-9(8)16/h4-6H,1-3H3,(H,18,19). The molecular weight excluding hydrogens is 268 g/mol. The maximum absolute atomic E-state index is 13.8. The molecule has 0 aliphatic rings. The van der Waals surface area contributed by atoms with Crippen molar-refractivity contribution in [3.05, 3.63) is 41.2 Å². The van der Waals surface area contributed by atoms with Crippen LogP contribution in [0, 0.1) is 11.6 Å². The zero-order valence-corrected chi connectivity index (χ0v) is 11.2. The van der Waals surface area contributed by atoms with Gasteiger partial charge in [0, 0.05) is 11.0 Å². The van der Waals surface area contributed by atoms with Crippen LogP contribution >= 0.6 is 0 Å². The van der Waals surface area contributed by atoms with Gasteiger partial charge in [0.2, 0.25) is 0 Å². The van der Waals surface area contributed by atoms with Gasteiger partial charge in [0.15, 0.2) is 5.76 Å². The molecule has 0 radical (unpaired) electrons. The van der Waals surface area contributed by atoms with E-state index in [4.69, 9.17) is 4.52 Å². The van der Waals surface area contributed by atoms with Crippen LogP contribution in [0.2, 0.25) is 0 Å². The van der Waals surface area contributed by atoms with Gasteiger partial charge in [-0.05, 0) is 18.2 Å². The van der Waals surface area contributed by atoms with Crippen molar-refractivity contribution < 1.29 is 23.2 Å².